The number of fused-ring (bicyclic) bond motifs is 3. The highest BCUT2D eigenvalue weighted by Gasteiger charge is 2.48. The highest BCUT2D eigenvalue weighted by molar-refractivity contribution is 5.80. The molecule has 5 rings (SSSR count). The fourth-order valence-corrected chi connectivity index (χ4v) is 5.36. The van der Waals surface area contributed by atoms with Crippen molar-refractivity contribution in [2.24, 2.45) is 11.8 Å². The van der Waals surface area contributed by atoms with Crippen LogP contribution in [0, 0.1) is 11.8 Å². The van der Waals surface area contributed by atoms with E-state index in [1.54, 1.807) is 0 Å². The van der Waals surface area contributed by atoms with Crippen LogP contribution >= 0.6 is 0 Å². The van der Waals surface area contributed by atoms with Gasteiger partial charge < -0.3 is 4.90 Å². The lowest BCUT2D eigenvalue weighted by Crippen LogP contribution is -2.32. The molecular formula is C26H25NO. The van der Waals surface area contributed by atoms with E-state index in [1.165, 1.54) is 36.0 Å². The maximum atomic E-state index is 11.3. The zero-order valence-corrected chi connectivity index (χ0v) is 15.9. The lowest BCUT2D eigenvalue weighted by atomic mass is 9.84. The van der Waals surface area contributed by atoms with Gasteiger partial charge in [0.15, 0.2) is 0 Å². The van der Waals surface area contributed by atoms with Crippen molar-refractivity contribution in [1.82, 2.24) is 4.90 Å². The molecule has 28 heavy (non-hydrogen) atoms. The zero-order valence-electron chi connectivity index (χ0n) is 15.9. The van der Waals surface area contributed by atoms with Gasteiger partial charge in [0.1, 0.15) is 6.29 Å². The molecule has 1 heterocycles. The lowest BCUT2D eigenvalue weighted by molar-refractivity contribution is -0.104. The molecule has 2 nitrogen and oxygen atoms in total. The molecule has 2 aromatic carbocycles. The van der Waals surface area contributed by atoms with Gasteiger partial charge in [0.25, 0.3) is 0 Å². The van der Waals surface area contributed by atoms with Gasteiger partial charge in [0.05, 0.1) is 6.04 Å². The molecule has 0 spiro atoms. The van der Waals surface area contributed by atoms with Crippen LogP contribution < -0.4 is 0 Å². The van der Waals surface area contributed by atoms with Crippen molar-refractivity contribution in [2.45, 2.75) is 31.3 Å². The maximum Gasteiger partial charge on any atom is 0.149 e. The van der Waals surface area contributed by atoms with Crippen molar-refractivity contribution in [3.8, 4) is 0 Å². The van der Waals surface area contributed by atoms with Crippen LogP contribution in [0.1, 0.15) is 30.4 Å². The van der Waals surface area contributed by atoms with E-state index in [9.17, 15) is 4.79 Å². The summed E-state index contributed by atoms with van der Waals surface area (Å²) in [6, 6.07) is 22.3. The summed E-state index contributed by atoms with van der Waals surface area (Å²) in [5, 5.41) is 0. The second kappa shape index (κ2) is 7.27. The number of rotatable bonds is 4. The Morgan fingerprint density at radius 1 is 0.929 bits per heavy atom. The molecule has 3 aliphatic rings. The number of aldehydes is 1. The topological polar surface area (TPSA) is 20.3 Å². The Kier molecular flexibility index (Phi) is 4.48. The van der Waals surface area contributed by atoms with E-state index in [4.69, 9.17) is 0 Å². The molecule has 4 unspecified atom stereocenters. The number of benzene rings is 2. The molecule has 2 aromatic rings. The summed E-state index contributed by atoms with van der Waals surface area (Å²) in [5.41, 5.74) is 4.60. The second-order valence-electron chi connectivity index (χ2n) is 8.10. The number of likely N-dealkylation sites (tertiary alicyclic amines) is 1. The van der Waals surface area contributed by atoms with Crippen molar-refractivity contribution in [2.75, 3.05) is 0 Å². The minimum atomic E-state index is 0.349. The molecule has 0 aromatic heterocycles. The number of carbonyl (C=O) groups is 1. The quantitative estimate of drug-likeness (QED) is 0.689. The summed E-state index contributed by atoms with van der Waals surface area (Å²) in [5.74, 6) is 1.09. The van der Waals surface area contributed by atoms with Crippen LogP contribution in [-0.4, -0.2) is 23.3 Å². The molecule has 1 aliphatic heterocycles. The minimum absolute atomic E-state index is 0.349. The summed E-state index contributed by atoms with van der Waals surface area (Å²) in [6.07, 6.45) is 13.6. The van der Waals surface area contributed by atoms with Crippen LogP contribution in [0.3, 0.4) is 0 Å². The summed E-state index contributed by atoms with van der Waals surface area (Å²) < 4.78 is 0. The van der Waals surface area contributed by atoms with Crippen LogP contribution in [0.15, 0.2) is 90.7 Å². The Bertz CT molecular complexity index is 899. The van der Waals surface area contributed by atoms with E-state index < -0.39 is 0 Å². The summed E-state index contributed by atoms with van der Waals surface area (Å²) in [4.78, 5) is 13.9. The molecule has 4 atom stereocenters. The summed E-state index contributed by atoms with van der Waals surface area (Å²) in [7, 11) is 0. The van der Waals surface area contributed by atoms with Crippen molar-refractivity contribution in [1.29, 1.82) is 0 Å². The van der Waals surface area contributed by atoms with Gasteiger partial charge in [0.2, 0.25) is 0 Å². The van der Waals surface area contributed by atoms with Gasteiger partial charge in [-0.25, -0.2) is 0 Å². The Balaban J connectivity index is 1.60. The lowest BCUT2D eigenvalue weighted by Gasteiger charge is -2.30. The van der Waals surface area contributed by atoms with E-state index in [2.05, 4.69) is 83.9 Å². The molecule has 140 valence electrons. The predicted octanol–water partition coefficient (Wildman–Crippen LogP) is 5.24. The molecule has 2 heteroatoms. The van der Waals surface area contributed by atoms with E-state index >= 15 is 0 Å². The zero-order chi connectivity index (χ0) is 18.9. The van der Waals surface area contributed by atoms with E-state index in [0.29, 0.717) is 23.9 Å². The average Bonchev–Trinajstić information content (AvgIpc) is 3.35. The summed E-state index contributed by atoms with van der Waals surface area (Å²) in [6.45, 7) is 0. The number of hydrogen-bond donors (Lipinski definition) is 0. The Hall–Kier alpha value is -2.87. The van der Waals surface area contributed by atoms with Crippen molar-refractivity contribution in [3.05, 3.63) is 102 Å². The molecule has 0 radical (unpaired) electrons. The first kappa shape index (κ1) is 17.2. The number of nitrogens with zero attached hydrogens (tertiary/aromatic N) is 1. The van der Waals surface area contributed by atoms with Gasteiger partial charge in [-0.1, -0.05) is 85.3 Å². The van der Waals surface area contributed by atoms with Crippen LogP contribution in [0.2, 0.25) is 0 Å². The van der Waals surface area contributed by atoms with Crippen molar-refractivity contribution < 1.29 is 4.79 Å². The third-order valence-electron chi connectivity index (χ3n) is 6.60. The number of hydrogen-bond acceptors (Lipinski definition) is 2. The normalized spacial score (nSPS) is 27.7. The van der Waals surface area contributed by atoms with Crippen molar-refractivity contribution >= 4 is 11.9 Å². The van der Waals surface area contributed by atoms with Gasteiger partial charge >= 0.3 is 0 Å². The third-order valence-corrected chi connectivity index (χ3v) is 6.60. The van der Waals surface area contributed by atoms with Crippen LogP contribution in [-0.2, 0) is 4.79 Å². The van der Waals surface area contributed by atoms with Gasteiger partial charge in [-0.05, 0) is 29.9 Å². The Labute approximate surface area is 166 Å². The SMILES string of the molecule is O=CC1=CC2C3CCCC3N(C=C(c3ccccc3)c3ccccc3)C2C=C1. The largest absolute Gasteiger partial charge is 0.367 e. The smallest absolute Gasteiger partial charge is 0.149 e. The third kappa shape index (κ3) is 2.93. The van der Waals surface area contributed by atoms with Gasteiger partial charge in [0, 0.05) is 29.3 Å². The van der Waals surface area contributed by atoms with Gasteiger partial charge in [-0.15, -0.1) is 0 Å². The first-order valence-corrected chi connectivity index (χ1v) is 10.3. The highest BCUT2D eigenvalue weighted by Crippen LogP contribution is 2.48. The molecule has 0 bridgehead atoms. The second-order valence-corrected chi connectivity index (χ2v) is 8.10. The van der Waals surface area contributed by atoms with Gasteiger partial charge in [-0.3, -0.25) is 4.79 Å². The molecule has 0 amide bonds. The van der Waals surface area contributed by atoms with Crippen molar-refractivity contribution in [3.63, 3.8) is 0 Å². The number of carbonyl (C=O) groups excluding carboxylic acids is 1. The fraction of sp³-hybridized carbons (Fsp3) is 0.269. The molecule has 2 fully saturated rings. The molecule has 0 N–H and O–H groups in total. The first-order chi connectivity index (χ1) is 13.8. The predicted molar refractivity (Wildman–Crippen MR) is 113 cm³/mol. The van der Waals surface area contributed by atoms with Crippen LogP contribution in [0.5, 0.6) is 0 Å². The first-order valence-electron chi connectivity index (χ1n) is 10.3. The van der Waals surface area contributed by atoms with E-state index in [1.807, 2.05) is 6.08 Å². The molecule has 2 aliphatic carbocycles. The number of allylic oxidation sites excluding steroid dienone is 2. The Morgan fingerprint density at radius 2 is 1.61 bits per heavy atom. The van der Waals surface area contributed by atoms with Crippen LogP contribution in [0.4, 0.5) is 0 Å². The van der Waals surface area contributed by atoms with Crippen LogP contribution in [0.25, 0.3) is 5.57 Å². The monoisotopic (exact) mass is 367 g/mol. The average molecular weight is 367 g/mol. The fourth-order valence-electron chi connectivity index (χ4n) is 5.36. The molecule has 1 saturated heterocycles. The molecule has 1 saturated carbocycles. The van der Waals surface area contributed by atoms with Gasteiger partial charge in [-0.2, -0.15) is 0 Å². The summed E-state index contributed by atoms with van der Waals surface area (Å²) >= 11 is 0. The van der Waals surface area contributed by atoms with E-state index in [0.717, 1.165) is 11.9 Å². The maximum absolute atomic E-state index is 11.3. The van der Waals surface area contributed by atoms with E-state index in [-0.39, 0.29) is 0 Å². The molecular weight excluding hydrogens is 342 g/mol. The minimum Gasteiger partial charge on any atom is -0.367 e. The standard InChI is InChI=1S/C26H25NO/c28-18-19-14-15-26-23(16-19)22-12-7-13-25(22)27(26)17-24(20-8-3-1-4-9-20)21-10-5-2-6-11-21/h1-6,8-11,14-18,22-23,25-26H,7,12-13H2. The Morgan fingerprint density at radius 3 is 2.25 bits per heavy atom. The highest BCUT2D eigenvalue weighted by atomic mass is 16.1.